The molecule has 0 unspecified atom stereocenters. The second-order valence-electron chi connectivity index (χ2n) is 7.22. The van der Waals surface area contributed by atoms with Crippen LogP contribution in [0.5, 0.6) is 0 Å². The van der Waals surface area contributed by atoms with Crippen LogP contribution < -0.4 is 5.63 Å². The lowest BCUT2D eigenvalue weighted by atomic mass is 10.0. The van der Waals surface area contributed by atoms with E-state index in [1.165, 1.54) is 6.07 Å². The molecule has 0 fully saturated rings. The SMILES string of the molecule is Cc1cc2occ(CC(=O)OCc3cc(=O)oc4cc(C)c(Cl)cc34)c2cc1C. The van der Waals surface area contributed by atoms with Gasteiger partial charge >= 0.3 is 11.6 Å². The Bertz CT molecular complexity index is 1310. The Balaban J connectivity index is 1.55. The Morgan fingerprint density at radius 3 is 2.41 bits per heavy atom. The summed E-state index contributed by atoms with van der Waals surface area (Å²) in [4.78, 5) is 24.3. The zero-order valence-corrected chi connectivity index (χ0v) is 17.1. The van der Waals surface area contributed by atoms with Gasteiger partial charge in [-0.05, 0) is 61.7 Å². The molecular weight excluding hydrogens is 392 g/mol. The molecule has 2 heterocycles. The summed E-state index contributed by atoms with van der Waals surface area (Å²) in [6.07, 6.45) is 1.66. The average molecular weight is 411 g/mol. The number of furan rings is 1. The van der Waals surface area contributed by atoms with Gasteiger partial charge < -0.3 is 13.6 Å². The largest absolute Gasteiger partial charge is 0.464 e. The minimum Gasteiger partial charge on any atom is -0.464 e. The van der Waals surface area contributed by atoms with Gasteiger partial charge in [0.15, 0.2) is 0 Å². The van der Waals surface area contributed by atoms with Crippen molar-refractivity contribution in [2.75, 3.05) is 0 Å². The molecule has 0 aliphatic heterocycles. The van der Waals surface area contributed by atoms with Crippen LogP contribution in [0.1, 0.15) is 27.8 Å². The molecule has 29 heavy (non-hydrogen) atoms. The Morgan fingerprint density at radius 2 is 1.62 bits per heavy atom. The van der Waals surface area contributed by atoms with Crippen LogP contribution in [0, 0.1) is 20.8 Å². The number of benzene rings is 2. The van der Waals surface area contributed by atoms with Gasteiger partial charge in [0.2, 0.25) is 0 Å². The van der Waals surface area contributed by atoms with E-state index in [1.807, 2.05) is 32.9 Å². The molecule has 0 aliphatic rings. The zero-order valence-electron chi connectivity index (χ0n) is 16.3. The van der Waals surface area contributed by atoms with Gasteiger partial charge in [0.05, 0.1) is 12.7 Å². The van der Waals surface area contributed by atoms with E-state index in [4.69, 9.17) is 25.2 Å². The van der Waals surface area contributed by atoms with Crippen molar-refractivity contribution in [3.63, 3.8) is 0 Å². The predicted octanol–water partition coefficient (Wildman–Crippen LogP) is 5.40. The third kappa shape index (κ3) is 3.78. The highest BCUT2D eigenvalue weighted by Gasteiger charge is 2.15. The molecule has 4 rings (SSSR count). The van der Waals surface area contributed by atoms with Crippen molar-refractivity contribution in [1.82, 2.24) is 0 Å². The third-order valence-corrected chi connectivity index (χ3v) is 5.51. The predicted molar refractivity (Wildman–Crippen MR) is 111 cm³/mol. The lowest BCUT2D eigenvalue weighted by Crippen LogP contribution is -2.10. The van der Waals surface area contributed by atoms with Crippen molar-refractivity contribution in [2.45, 2.75) is 33.8 Å². The number of halogens is 1. The van der Waals surface area contributed by atoms with Gasteiger partial charge in [-0.1, -0.05) is 11.6 Å². The number of ether oxygens (including phenoxy) is 1. The van der Waals surface area contributed by atoms with Gasteiger partial charge in [-0.3, -0.25) is 4.79 Å². The fourth-order valence-corrected chi connectivity index (χ4v) is 3.47. The minimum absolute atomic E-state index is 0.0474. The normalized spacial score (nSPS) is 11.3. The van der Waals surface area contributed by atoms with Crippen molar-refractivity contribution in [2.24, 2.45) is 0 Å². The Hall–Kier alpha value is -3.05. The lowest BCUT2D eigenvalue weighted by molar-refractivity contribution is -0.144. The number of rotatable bonds is 4. The van der Waals surface area contributed by atoms with Crippen LogP contribution in [0.2, 0.25) is 5.02 Å². The zero-order chi connectivity index (χ0) is 20.7. The summed E-state index contributed by atoms with van der Waals surface area (Å²) in [7, 11) is 0. The molecule has 0 N–H and O–H groups in total. The fraction of sp³-hybridized carbons (Fsp3) is 0.217. The van der Waals surface area contributed by atoms with Crippen LogP contribution in [0.15, 0.2) is 50.2 Å². The summed E-state index contributed by atoms with van der Waals surface area (Å²) in [5.41, 5.74) is 5.03. The van der Waals surface area contributed by atoms with Crippen LogP contribution in [0.25, 0.3) is 21.9 Å². The van der Waals surface area contributed by atoms with Gasteiger partial charge in [0, 0.05) is 33.0 Å². The number of hydrogen-bond acceptors (Lipinski definition) is 5. The summed E-state index contributed by atoms with van der Waals surface area (Å²) in [5, 5.41) is 2.10. The highest BCUT2D eigenvalue weighted by Crippen LogP contribution is 2.27. The molecule has 4 aromatic rings. The summed E-state index contributed by atoms with van der Waals surface area (Å²) < 4.78 is 16.2. The number of fused-ring (bicyclic) bond motifs is 2. The topological polar surface area (TPSA) is 69.7 Å². The molecule has 2 aromatic carbocycles. The van der Waals surface area contributed by atoms with Crippen molar-refractivity contribution in [1.29, 1.82) is 0 Å². The van der Waals surface area contributed by atoms with Crippen molar-refractivity contribution >= 4 is 39.5 Å². The van der Waals surface area contributed by atoms with Gasteiger partial charge in [0.1, 0.15) is 17.8 Å². The van der Waals surface area contributed by atoms with Crippen molar-refractivity contribution in [3.05, 3.63) is 79.9 Å². The highest BCUT2D eigenvalue weighted by molar-refractivity contribution is 6.32. The Morgan fingerprint density at radius 1 is 0.931 bits per heavy atom. The van der Waals surface area contributed by atoms with Crippen molar-refractivity contribution in [3.8, 4) is 0 Å². The molecule has 0 atom stereocenters. The standard InChI is InChI=1S/C23H19ClO5/c1-12-4-17-15(10-27-20(17)5-13(12)2)7-22(25)28-11-16-8-23(26)29-21-6-14(3)19(24)9-18(16)21/h4-6,8-10H,7,11H2,1-3H3. The molecule has 0 radical (unpaired) electrons. The first-order valence-corrected chi connectivity index (χ1v) is 9.55. The van der Waals surface area contributed by atoms with E-state index in [0.29, 0.717) is 21.6 Å². The Kier molecular flexibility index (Phi) is 4.92. The van der Waals surface area contributed by atoms with Crippen LogP contribution in [0.4, 0.5) is 0 Å². The Labute approximate surface area is 171 Å². The smallest absolute Gasteiger partial charge is 0.336 e. The molecule has 0 spiro atoms. The molecule has 0 aliphatic carbocycles. The minimum atomic E-state index is -0.503. The molecule has 0 amide bonds. The first kappa shape index (κ1) is 19.3. The van der Waals surface area contributed by atoms with Crippen molar-refractivity contribution < 1.29 is 18.4 Å². The quantitative estimate of drug-likeness (QED) is 0.332. The summed E-state index contributed by atoms with van der Waals surface area (Å²) in [6, 6.07) is 8.71. The van der Waals surface area contributed by atoms with Gasteiger partial charge in [-0.25, -0.2) is 4.79 Å². The molecule has 0 bridgehead atoms. The molecule has 0 saturated heterocycles. The number of carbonyl (C=O) groups is 1. The number of aryl methyl sites for hydroxylation is 3. The molecule has 2 aromatic heterocycles. The second-order valence-corrected chi connectivity index (χ2v) is 7.63. The van der Waals surface area contributed by atoms with E-state index in [2.05, 4.69) is 0 Å². The van der Waals surface area contributed by atoms with E-state index in [0.717, 1.165) is 33.2 Å². The van der Waals surface area contributed by atoms with E-state index in [1.54, 1.807) is 18.4 Å². The summed E-state index contributed by atoms with van der Waals surface area (Å²) >= 11 is 6.20. The van der Waals surface area contributed by atoms with Gasteiger partial charge in [0.25, 0.3) is 0 Å². The maximum atomic E-state index is 12.4. The third-order valence-electron chi connectivity index (χ3n) is 5.10. The van der Waals surface area contributed by atoms with Crippen LogP contribution in [-0.4, -0.2) is 5.97 Å². The first-order chi connectivity index (χ1) is 13.8. The number of hydrogen-bond donors (Lipinski definition) is 0. The average Bonchev–Trinajstić information content (AvgIpc) is 3.03. The summed E-state index contributed by atoms with van der Waals surface area (Å²) in [5.74, 6) is -0.412. The summed E-state index contributed by atoms with van der Waals surface area (Å²) in [6.45, 7) is 5.81. The lowest BCUT2D eigenvalue weighted by Gasteiger charge is -2.08. The molecule has 5 nitrogen and oxygen atoms in total. The molecular formula is C23H19ClO5. The number of esters is 1. The first-order valence-electron chi connectivity index (χ1n) is 9.17. The molecule has 148 valence electrons. The van der Waals surface area contributed by atoms with E-state index in [-0.39, 0.29) is 13.0 Å². The second kappa shape index (κ2) is 7.41. The molecule has 6 heteroatoms. The van der Waals surface area contributed by atoms with E-state index >= 15 is 0 Å². The highest BCUT2D eigenvalue weighted by atomic mass is 35.5. The fourth-order valence-electron chi connectivity index (χ4n) is 3.31. The van der Waals surface area contributed by atoms with E-state index in [9.17, 15) is 9.59 Å². The maximum absolute atomic E-state index is 12.4. The van der Waals surface area contributed by atoms with Crippen LogP contribution in [-0.2, 0) is 22.6 Å². The number of carbonyl (C=O) groups excluding carboxylic acids is 1. The van der Waals surface area contributed by atoms with Crippen LogP contribution >= 0.6 is 11.6 Å². The van der Waals surface area contributed by atoms with Gasteiger partial charge in [-0.15, -0.1) is 0 Å². The van der Waals surface area contributed by atoms with Crippen LogP contribution in [0.3, 0.4) is 0 Å². The molecule has 0 saturated carbocycles. The van der Waals surface area contributed by atoms with Gasteiger partial charge in [-0.2, -0.15) is 0 Å². The monoisotopic (exact) mass is 410 g/mol. The maximum Gasteiger partial charge on any atom is 0.336 e. The van der Waals surface area contributed by atoms with E-state index < -0.39 is 11.6 Å².